The molecule has 0 spiro atoms. The van der Waals surface area contributed by atoms with Gasteiger partial charge in [0, 0.05) is 35.0 Å². The molecule has 2 aromatic rings. The molecule has 3 rings (SSSR count). The highest BCUT2D eigenvalue weighted by Gasteiger charge is 2.21. The summed E-state index contributed by atoms with van der Waals surface area (Å²) in [6.45, 7) is 6.74. The van der Waals surface area contributed by atoms with Crippen LogP contribution in [-0.2, 0) is 6.54 Å². The molecule has 1 aromatic heterocycles. The lowest BCUT2D eigenvalue weighted by Gasteiger charge is -2.21. The van der Waals surface area contributed by atoms with Gasteiger partial charge in [-0.3, -0.25) is 4.90 Å². The molecule has 124 valence electrons. The highest BCUT2D eigenvalue weighted by atomic mass is 32.1. The van der Waals surface area contributed by atoms with Gasteiger partial charge in [0.05, 0.1) is 13.2 Å². The van der Waals surface area contributed by atoms with Crippen LogP contribution in [0.5, 0.6) is 11.5 Å². The Labute approximate surface area is 141 Å². The highest BCUT2D eigenvalue weighted by Crippen LogP contribution is 2.39. The fraction of sp³-hybridized carbons (Fsp3) is 0.444. The molecule has 1 N–H and O–H groups in total. The molecular weight excluding hydrogens is 310 g/mol. The van der Waals surface area contributed by atoms with E-state index in [-0.39, 0.29) is 6.10 Å². The zero-order chi connectivity index (χ0) is 16.4. The lowest BCUT2D eigenvalue weighted by atomic mass is 10.1. The van der Waals surface area contributed by atoms with Crippen molar-refractivity contribution in [2.45, 2.75) is 26.5 Å². The van der Waals surface area contributed by atoms with Crippen LogP contribution >= 0.6 is 11.3 Å². The van der Waals surface area contributed by atoms with Crippen molar-refractivity contribution in [2.24, 2.45) is 0 Å². The van der Waals surface area contributed by atoms with Crippen LogP contribution in [0.2, 0.25) is 0 Å². The van der Waals surface area contributed by atoms with E-state index in [1.54, 1.807) is 18.4 Å². The largest absolute Gasteiger partial charge is 0.493 e. The summed E-state index contributed by atoms with van der Waals surface area (Å²) in [6.07, 6.45) is -0.346. The Morgan fingerprint density at radius 2 is 2.22 bits per heavy atom. The third kappa shape index (κ3) is 3.68. The SMILES string of the molecule is COc1cc(-c2ccc(C)s2)cc2c1OCCN(C[C@@H](C)O)C2. The first-order valence-electron chi connectivity index (χ1n) is 7.87. The molecule has 0 amide bonds. The maximum Gasteiger partial charge on any atom is 0.165 e. The standard InChI is InChI=1S/C18H23NO3S/c1-12(20)10-19-6-7-22-18-15(11-19)8-14(9-16(18)21-3)17-5-4-13(2)23-17/h4-5,8-9,12,20H,6-7,10-11H2,1-3H3/t12-/m1/s1. The van der Waals surface area contributed by atoms with Crippen molar-refractivity contribution < 1.29 is 14.6 Å². The summed E-state index contributed by atoms with van der Waals surface area (Å²) in [7, 11) is 1.68. The number of aliphatic hydroxyl groups excluding tert-OH is 1. The summed E-state index contributed by atoms with van der Waals surface area (Å²) in [4.78, 5) is 4.75. The van der Waals surface area contributed by atoms with Crippen molar-refractivity contribution in [3.8, 4) is 21.9 Å². The van der Waals surface area contributed by atoms with E-state index in [0.29, 0.717) is 13.2 Å². The smallest absolute Gasteiger partial charge is 0.165 e. The maximum absolute atomic E-state index is 9.68. The van der Waals surface area contributed by atoms with Crippen LogP contribution in [0, 0.1) is 6.92 Å². The Morgan fingerprint density at radius 1 is 1.39 bits per heavy atom. The molecule has 0 radical (unpaired) electrons. The molecule has 0 saturated heterocycles. The molecule has 1 aromatic carbocycles. The summed E-state index contributed by atoms with van der Waals surface area (Å²) in [5.74, 6) is 1.61. The van der Waals surface area contributed by atoms with Crippen LogP contribution in [-0.4, -0.2) is 42.9 Å². The van der Waals surface area contributed by atoms with Gasteiger partial charge in [-0.2, -0.15) is 0 Å². The molecule has 2 heterocycles. The van der Waals surface area contributed by atoms with E-state index >= 15 is 0 Å². The first kappa shape index (κ1) is 16.3. The van der Waals surface area contributed by atoms with Crippen LogP contribution in [0.25, 0.3) is 10.4 Å². The van der Waals surface area contributed by atoms with Crippen molar-refractivity contribution in [3.05, 3.63) is 34.7 Å². The number of methoxy groups -OCH3 is 1. The summed E-state index contributed by atoms with van der Waals surface area (Å²) >= 11 is 1.78. The zero-order valence-electron chi connectivity index (χ0n) is 13.8. The van der Waals surface area contributed by atoms with Gasteiger partial charge in [0.25, 0.3) is 0 Å². The second kappa shape index (κ2) is 6.91. The van der Waals surface area contributed by atoms with E-state index in [0.717, 1.165) is 35.7 Å². The number of β-amino-alcohol motifs (C(OH)–C–C–N with tert-alkyl or cyclic N) is 1. The van der Waals surface area contributed by atoms with E-state index < -0.39 is 0 Å². The predicted molar refractivity (Wildman–Crippen MR) is 93.5 cm³/mol. The molecule has 0 unspecified atom stereocenters. The topological polar surface area (TPSA) is 41.9 Å². The van der Waals surface area contributed by atoms with Gasteiger partial charge >= 0.3 is 0 Å². The molecule has 23 heavy (non-hydrogen) atoms. The third-order valence-electron chi connectivity index (χ3n) is 3.95. The first-order valence-corrected chi connectivity index (χ1v) is 8.69. The zero-order valence-corrected chi connectivity index (χ0v) is 14.7. The number of hydrogen-bond acceptors (Lipinski definition) is 5. The van der Waals surface area contributed by atoms with E-state index in [1.807, 2.05) is 6.92 Å². The Bertz CT molecular complexity index is 681. The van der Waals surface area contributed by atoms with Gasteiger partial charge in [0.1, 0.15) is 6.61 Å². The van der Waals surface area contributed by atoms with Gasteiger partial charge in [-0.1, -0.05) is 0 Å². The molecular formula is C18H23NO3S. The number of aliphatic hydroxyl groups is 1. The van der Waals surface area contributed by atoms with Crippen LogP contribution < -0.4 is 9.47 Å². The summed E-state index contributed by atoms with van der Waals surface area (Å²) in [5, 5.41) is 9.68. The molecule has 0 fully saturated rings. The van der Waals surface area contributed by atoms with Gasteiger partial charge in [-0.25, -0.2) is 0 Å². The minimum Gasteiger partial charge on any atom is -0.493 e. The number of fused-ring (bicyclic) bond motifs is 1. The molecule has 0 bridgehead atoms. The number of rotatable bonds is 4. The van der Waals surface area contributed by atoms with E-state index in [1.165, 1.54) is 9.75 Å². The van der Waals surface area contributed by atoms with Crippen molar-refractivity contribution in [1.29, 1.82) is 0 Å². The Morgan fingerprint density at radius 3 is 2.87 bits per heavy atom. The van der Waals surface area contributed by atoms with Crippen molar-refractivity contribution in [1.82, 2.24) is 4.90 Å². The van der Waals surface area contributed by atoms with Crippen LogP contribution in [0.15, 0.2) is 24.3 Å². The predicted octanol–water partition coefficient (Wildman–Crippen LogP) is 3.31. The third-order valence-corrected chi connectivity index (χ3v) is 5.00. The number of ether oxygens (including phenoxy) is 2. The fourth-order valence-electron chi connectivity index (χ4n) is 2.95. The van der Waals surface area contributed by atoms with Crippen molar-refractivity contribution in [2.75, 3.05) is 26.8 Å². The van der Waals surface area contributed by atoms with Gasteiger partial charge in [-0.05, 0) is 43.7 Å². The molecule has 1 aliphatic rings. The monoisotopic (exact) mass is 333 g/mol. The number of thiophene rings is 1. The number of nitrogens with zero attached hydrogens (tertiary/aromatic N) is 1. The Balaban J connectivity index is 1.99. The Hall–Kier alpha value is -1.56. The minimum atomic E-state index is -0.346. The Kier molecular flexibility index (Phi) is 4.90. The molecule has 1 atom stereocenters. The van der Waals surface area contributed by atoms with E-state index in [9.17, 15) is 5.11 Å². The summed E-state index contributed by atoms with van der Waals surface area (Å²) in [6, 6.07) is 8.51. The van der Waals surface area contributed by atoms with Crippen LogP contribution in [0.4, 0.5) is 0 Å². The van der Waals surface area contributed by atoms with Gasteiger partial charge in [0.15, 0.2) is 11.5 Å². The van der Waals surface area contributed by atoms with E-state index in [2.05, 4.69) is 36.1 Å². The van der Waals surface area contributed by atoms with Crippen LogP contribution in [0.3, 0.4) is 0 Å². The lowest BCUT2D eigenvalue weighted by Crippen LogP contribution is -2.32. The second-order valence-electron chi connectivity index (χ2n) is 6.01. The van der Waals surface area contributed by atoms with Gasteiger partial charge < -0.3 is 14.6 Å². The second-order valence-corrected chi connectivity index (χ2v) is 7.30. The van der Waals surface area contributed by atoms with E-state index in [4.69, 9.17) is 9.47 Å². The molecule has 4 nitrogen and oxygen atoms in total. The summed E-state index contributed by atoms with van der Waals surface area (Å²) in [5.41, 5.74) is 2.27. The highest BCUT2D eigenvalue weighted by molar-refractivity contribution is 7.15. The maximum atomic E-state index is 9.68. The normalized spacial score (nSPS) is 16.3. The molecule has 0 saturated carbocycles. The van der Waals surface area contributed by atoms with Crippen molar-refractivity contribution >= 4 is 11.3 Å². The number of benzene rings is 1. The summed E-state index contributed by atoms with van der Waals surface area (Å²) < 4.78 is 11.5. The van der Waals surface area contributed by atoms with Crippen molar-refractivity contribution in [3.63, 3.8) is 0 Å². The average Bonchev–Trinajstić information content (AvgIpc) is 2.83. The first-order chi connectivity index (χ1) is 11.1. The lowest BCUT2D eigenvalue weighted by molar-refractivity contribution is 0.117. The van der Waals surface area contributed by atoms with Gasteiger partial charge in [0.2, 0.25) is 0 Å². The minimum absolute atomic E-state index is 0.346. The fourth-order valence-corrected chi connectivity index (χ4v) is 3.81. The molecule has 1 aliphatic heterocycles. The average molecular weight is 333 g/mol. The molecule has 5 heteroatoms. The quantitative estimate of drug-likeness (QED) is 0.932. The van der Waals surface area contributed by atoms with Crippen LogP contribution in [0.1, 0.15) is 17.4 Å². The van der Waals surface area contributed by atoms with Gasteiger partial charge in [-0.15, -0.1) is 11.3 Å². The number of hydrogen-bond donors (Lipinski definition) is 1. The number of aryl methyl sites for hydroxylation is 1. The molecule has 0 aliphatic carbocycles.